The van der Waals surface area contributed by atoms with Crippen LogP contribution in [0.4, 0.5) is 10.1 Å². The second-order valence-electron chi connectivity index (χ2n) is 7.83. The predicted octanol–water partition coefficient (Wildman–Crippen LogP) is 2.37. The van der Waals surface area contributed by atoms with Crippen LogP contribution in [0, 0.1) is 5.82 Å². The largest absolute Gasteiger partial charge is 0.492 e. The van der Waals surface area contributed by atoms with E-state index in [1.807, 2.05) is 18.7 Å². The van der Waals surface area contributed by atoms with Gasteiger partial charge in [-0.2, -0.15) is 0 Å². The van der Waals surface area contributed by atoms with Crippen LogP contribution in [-0.2, 0) is 0 Å². The van der Waals surface area contributed by atoms with Gasteiger partial charge in [0.15, 0.2) is 11.6 Å². The Hall–Kier alpha value is -2.61. The van der Waals surface area contributed by atoms with Crippen LogP contribution in [0.3, 0.4) is 0 Å². The van der Waals surface area contributed by atoms with Crippen molar-refractivity contribution < 1.29 is 19.0 Å². The Labute approximate surface area is 161 Å². The van der Waals surface area contributed by atoms with Crippen LogP contribution in [0.15, 0.2) is 17.1 Å². The minimum absolute atomic E-state index is 0.0427. The molecule has 0 bridgehead atoms. The van der Waals surface area contributed by atoms with E-state index in [9.17, 15) is 14.7 Å². The summed E-state index contributed by atoms with van der Waals surface area (Å²) in [7, 11) is 1.46. The third kappa shape index (κ3) is 3.01. The van der Waals surface area contributed by atoms with E-state index >= 15 is 4.39 Å². The first-order valence-electron chi connectivity index (χ1n) is 9.51. The number of rotatable bonds is 4. The number of halogens is 1. The number of hydrogen-bond acceptors (Lipinski definition) is 5. The second-order valence-corrected chi connectivity index (χ2v) is 7.83. The quantitative estimate of drug-likeness (QED) is 0.835. The summed E-state index contributed by atoms with van der Waals surface area (Å²) in [6.07, 6.45) is 3.14. The maximum absolute atomic E-state index is 15.2. The van der Waals surface area contributed by atoms with E-state index < -0.39 is 17.2 Å². The van der Waals surface area contributed by atoms with Crippen LogP contribution in [0.5, 0.6) is 5.75 Å². The molecule has 2 N–H and O–H groups in total. The molecule has 1 saturated carbocycles. The molecule has 28 heavy (non-hydrogen) atoms. The molecule has 1 aliphatic carbocycles. The van der Waals surface area contributed by atoms with E-state index in [4.69, 9.17) is 4.74 Å². The Balaban J connectivity index is 2.02. The molecule has 0 amide bonds. The van der Waals surface area contributed by atoms with Gasteiger partial charge in [0.1, 0.15) is 11.3 Å². The fraction of sp³-hybridized carbons (Fsp3) is 0.500. The molecule has 2 heterocycles. The summed E-state index contributed by atoms with van der Waals surface area (Å²) >= 11 is 0. The number of nitrogens with one attached hydrogen (secondary N) is 1. The van der Waals surface area contributed by atoms with Gasteiger partial charge >= 0.3 is 5.97 Å². The molecule has 2 atom stereocenters. The standard InChI is InChI=1S/C20H24FN3O4/c1-10-7-23(8-11(2)22-10)17-15(21)6-13-16(19(17)28-3)24(12-4-5-12)9-14(18(13)25)20(26)27/h6,9-12,22H,4-5,7-8H2,1-3H3,(H,26,27)/t10-,11+. The van der Waals surface area contributed by atoms with Gasteiger partial charge < -0.3 is 24.6 Å². The van der Waals surface area contributed by atoms with Crippen molar-refractivity contribution in [3.8, 4) is 5.75 Å². The number of benzene rings is 1. The third-order valence-electron chi connectivity index (χ3n) is 5.45. The average molecular weight is 389 g/mol. The van der Waals surface area contributed by atoms with Gasteiger partial charge in [0.25, 0.3) is 0 Å². The molecule has 0 unspecified atom stereocenters. The summed E-state index contributed by atoms with van der Waals surface area (Å²) in [5.41, 5.74) is -0.245. The van der Waals surface area contributed by atoms with E-state index in [0.29, 0.717) is 24.3 Å². The Kier molecular flexibility index (Phi) is 4.53. The maximum Gasteiger partial charge on any atom is 0.341 e. The molecule has 0 radical (unpaired) electrons. The monoisotopic (exact) mass is 389 g/mol. The van der Waals surface area contributed by atoms with Crippen LogP contribution in [0.2, 0.25) is 0 Å². The molecule has 8 heteroatoms. The number of anilines is 1. The lowest BCUT2D eigenvalue weighted by Crippen LogP contribution is -2.54. The lowest BCUT2D eigenvalue weighted by molar-refractivity contribution is 0.0695. The topological polar surface area (TPSA) is 83.8 Å². The first-order chi connectivity index (χ1) is 13.3. The summed E-state index contributed by atoms with van der Waals surface area (Å²) < 4.78 is 22.6. The molecule has 1 saturated heterocycles. The van der Waals surface area contributed by atoms with Crippen molar-refractivity contribution in [3.63, 3.8) is 0 Å². The first kappa shape index (κ1) is 18.7. The highest BCUT2D eigenvalue weighted by molar-refractivity contribution is 5.97. The van der Waals surface area contributed by atoms with Crippen LogP contribution < -0.4 is 20.4 Å². The van der Waals surface area contributed by atoms with E-state index in [2.05, 4.69) is 5.32 Å². The molecular formula is C20H24FN3O4. The minimum Gasteiger partial charge on any atom is -0.492 e. The Morgan fingerprint density at radius 1 is 1.29 bits per heavy atom. The van der Waals surface area contributed by atoms with Gasteiger partial charge in [0, 0.05) is 37.4 Å². The maximum atomic E-state index is 15.2. The second kappa shape index (κ2) is 6.77. The number of aromatic carboxylic acids is 1. The van der Waals surface area contributed by atoms with Crippen LogP contribution in [-0.4, -0.2) is 47.9 Å². The lowest BCUT2D eigenvalue weighted by atomic mass is 10.1. The number of carbonyl (C=O) groups is 1. The zero-order valence-corrected chi connectivity index (χ0v) is 16.2. The molecule has 2 aromatic rings. The van der Waals surface area contributed by atoms with E-state index in [1.54, 1.807) is 4.57 Å². The van der Waals surface area contributed by atoms with Gasteiger partial charge in [-0.05, 0) is 32.8 Å². The normalized spacial score (nSPS) is 22.5. The van der Waals surface area contributed by atoms with Gasteiger partial charge in [0.2, 0.25) is 5.43 Å². The lowest BCUT2D eigenvalue weighted by Gasteiger charge is -2.38. The number of ether oxygens (including phenoxy) is 1. The molecule has 2 aliphatic rings. The number of fused-ring (bicyclic) bond motifs is 1. The Morgan fingerprint density at radius 3 is 2.46 bits per heavy atom. The van der Waals surface area contributed by atoms with Gasteiger partial charge in [-0.25, -0.2) is 9.18 Å². The molecular weight excluding hydrogens is 365 g/mol. The highest BCUT2D eigenvalue weighted by Gasteiger charge is 2.32. The summed E-state index contributed by atoms with van der Waals surface area (Å²) in [4.78, 5) is 26.2. The predicted molar refractivity (Wildman–Crippen MR) is 104 cm³/mol. The summed E-state index contributed by atoms with van der Waals surface area (Å²) in [6.45, 7) is 5.27. The van der Waals surface area contributed by atoms with E-state index in [1.165, 1.54) is 13.3 Å². The van der Waals surface area contributed by atoms with E-state index in [0.717, 1.165) is 18.9 Å². The van der Waals surface area contributed by atoms with Gasteiger partial charge in [0.05, 0.1) is 18.0 Å². The van der Waals surface area contributed by atoms with Crippen molar-refractivity contribution >= 4 is 22.6 Å². The zero-order chi connectivity index (χ0) is 20.2. The molecule has 1 aromatic carbocycles. The number of methoxy groups -OCH3 is 1. The zero-order valence-electron chi connectivity index (χ0n) is 16.2. The summed E-state index contributed by atoms with van der Waals surface area (Å²) in [5, 5.41) is 12.9. The number of carboxylic acids is 1. The SMILES string of the molecule is COc1c(N2C[C@@H](C)N[C@@H](C)C2)c(F)cc2c(=O)c(C(=O)O)cn(C3CC3)c12. The molecule has 1 aromatic heterocycles. The molecule has 1 aliphatic heterocycles. The number of hydrogen-bond donors (Lipinski definition) is 2. The number of carboxylic acid groups (broad SMARTS) is 1. The molecule has 2 fully saturated rings. The molecule has 0 spiro atoms. The Morgan fingerprint density at radius 2 is 1.93 bits per heavy atom. The van der Waals surface area contributed by atoms with Crippen molar-refractivity contribution in [1.82, 2.24) is 9.88 Å². The minimum atomic E-state index is -1.31. The Bertz CT molecular complexity index is 1000. The van der Waals surface area contributed by atoms with Crippen molar-refractivity contribution in [2.75, 3.05) is 25.1 Å². The fourth-order valence-corrected chi connectivity index (χ4v) is 4.23. The van der Waals surface area contributed by atoms with E-state index in [-0.39, 0.29) is 34.8 Å². The van der Waals surface area contributed by atoms with Crippen LogP contribution in [0.25, 0.3) is 10.9 Å². The summed E-state index contributed by atoms with van der Waals surface area (Å²) in [5.74, 6) is -1.60. The van der Waals surface area contributed by atoms with Gasteiger partial charge in [-0.1, -0.05) is 0 Å². The van der Waals surface area contributed by atoms with Crippen molar-refractivity contribution in [3.05, 3.63) is 33.9 Å². The van der Waals surface area contributed by atoms with Crippen LogP contribution in [0.1, 0.15) is 43.1 Å². The molecule has 150 valence electrons. The highest BCUT2D eigenvalue weighted by atomic mass is 19.1. The van der Waals surface area contributed by atoms with Crippen molar-refractivity contribution in [2.45, 2.75) is 44.8 Å². The number of nitrogens with zero attached hydrogens (tertiary/aromatic N) is 2. The number of aromatic nitrogens is 1. The molecule has 4 rings (SSSR count). The average Bonchev–Trinajstić information content (AvgIpc) is 3.45. The van der Waals surface area contributed by atoms with Gasteiger partial charge in [-0.3, -0.25) is 4.79 Å². The van der Waals surface area contributed by atoms with Crippen LogP contribution >= 0.6 is 0 Å². The van der Waals surface area contributed by atoms with Crippen molar-refractivity contribution in [2.24, 2.45) is 0 Å². The number of piperazine rings is 1. The molecule has 7 nitrogen and oxygen atoms in total. The van der Waals surface area contributed by atoms with Crippen molar-refractivity contribution in [1.29, 1.82) is 0 Å². The third-order valence-corrected chi connectivity index (χ3v) is 5.45. The fourth-order valence-electron chi connectivity index (χ4n) is 4.23. The highest BCUT2D eigenvalue weighted by Crippen LogP contribution is 2.43. The smallest absolute Gasteiger partial charge is 0.341 e. The first-order valence-corrected chi connectivity index (χ1v) is 9.51. The summed E-state index contributed by atoms with van der Waals surface area (Å²) in [6, 6.07) is 1.60. The van der Waals surface area contributed by atoms with Gasteiger partial charge in [-0.15, -0.1) is 0 Å². The number of pyridine rings is 1.